The summed E-state index contributed by atoms with van der Waals surface area (Å²) >= 11 is 0. The molecule has 0 bridgehead atoms. The molecule has 2 fully saturated rings. The fourth-order valence-corrected chi connectivity index (χ4v) is 4.37. The van der Waals surface area contributed by atoms with E-state index in [4.69, 9.17) is 0 Å². The van der Waals surface area contributed by atoms with Crippen molar-refractivity contribution in [2.45, 2.75) is 27.2 Å². The molecule has 2 aliphatic rings. The zero-order chi connectivity index (χ0) is 18.6. The highest BCUT2D eigenvalue weighted by Gasteiger charge is 2.43. The predicted octanol–water partition coefficient (Wildman–Crippen LogP) is 2.71. The maximum absolute atomic E-state index is 13.3. The van der Waals surface area contributed by atoms with Crippen LogP contribution in [0.2, 0.25) is 0 Å². The fraction of sp³-hybridized carbons (Fsp3) is 0.476. The molecule has 3 heterocycles. The van der Waals surface area contributed by atoms with Gasteiger partial charge in [-0.15, -0.1) is 0 Å². The quantitative estimate of drug-likeness (QED) is 0.794. The lowest BCUT2D eigenvalue weighted by Gasteiger charge is -2.30. The summed E-state index contributed by atoms with van der Waals surface area (Å²) in [5, 5.41) is 0.905. The minimum Gasteiger partial charge on any atom is -0.345 e. The van der Waals surface area contributed by atoms with Crippen molar-refractivity contribution >= 4 is 22.7 Å². The van der Waals surface area contributed by atoms with E-state index in [0.29, 0.717) is 24.6 Å². The van der Waals surface area contributed by atoms with Crippen LogP contribution in [0, 0.1) is 32.6 Å². The summed E-state index contributed by atoms with van der Waals surface area (Å²) in [7, 11) is 1.86. The standard InChI is InChI=1S/C21H25N3O2/c1-12-5-6-16-17(9-13(2)22-19(16)14(12)3)21(26)24-10-15-7-8-23(4)20(25)18(15)11-24/h5-6,9,15,18H,7-8,10-11H2,1-4H3/t15-,18+/m1/s1. The number of rotatable bonds is 1. The Morgan fingerprint density at radius 3 is 2.73 bits per heavy atom. The molecule has 0 unspecified atom stereocenters. The normalized spacial score (nSPS) is 22.8. The number of benzene rings is 1. The highest BCUT2D eigenvalue weighted by molar-refractivity contribution is 6.07. The molecule has 26 heavy (non-hydrogen) atoms. The predicted molar refractivity (Wildman–Crippen MR) is 101 cm³/mol. The lowest BCUT2D eigenvalue weighted by Crippen LogP contribution is -2.42. The van der Waals surface area contributed by atoms with Gasteiger partial charge in [0, 0.05) is 37.8 Å². The van der Waals surface area contributed by atoms with Crippen LogP contribution in [0.3, 0.4) is 0 Å². The molecule has 4 rings (SSSR count). The molecule has 2 aromatic rings. The Hall–Kier alpha value is -2.43. The summed E-state index contributed by atoms with van der Waals surface area (Å²) < 4.78 is 0. The molecule has 0 saturated carbocycles. The van der Waals surface area contributed by atoms with E-state index >= 15 is 0 Å². The monoisotopic (exact) mass is 351 g/mol. The van der Waals surface area contributed by atoms with Gasteiger partial charge in [-0.05, 0) is 50.3 Å². The van der Waals surface area contributed by atoms with E-state index in [0.717, 1.165) is 35.1 Å². The topological polar surface area (TPSA) is 53.5 Å². The fourth-order valence-electron chi connectivity index (χ4n) is 4.37. The van der Waals surface area contributed by atoms with Gasteiger partial charge < -0.3 is 9.80 Å². The lowest BCUT2D eigenvalue weighted by atomic mass is 9.88. The third-order valence-corrected chi connectivity index (χ3v) is 6.12. The van der Waals surface area contributed by atoms with Crippen LogP contribution in [-0.2, 0) is 4.79 Å². The van der Waals surface area contributed by atoms with E-state index in [1.54, 1.807) is 4.90 Å². The van der Waals surface area contributed by atoms with E-state index in [-0.39, 0.29) is 17.7 Å². The molecule has 0 radical (unpaired) electrons. The number of hydrogen-bond acceptors (Lipinski definition) is 3. The van der Waals surface area contributed by atoms with Crippen LogP contribution < -0.4 is 0 Å². The molecular weight excluding hydrogens is 326 g/mol. The number of aromatic nitrogens is 1. The van der Waals surface area contributed by atoms with Crippen LogP contribution in [-0.4, -0.2) is 53.3 Å². The first-order valence-corrected chi connectivity index (χ1v) is 9.28. The summed E-state index contributed by atoms with van der Waals surface area (Å²) in [6.45, 7) is 8.04. The second kappa shape index (κ2) is 6.08. The molecule has 1 aromatic heterocycles. The zero-order valence-corrected chi connectivity index (χ0v) is 15.9. The summed E-state index contributed by atoms with van der Waals surface area (Å²) in [6, 6.07) is 5.93. The van der Waals surface area contributed by atoms with Gasteiger partial charge in [-0.3, -0.25) is 14.6 Å². The van der Waals surface area contributed by atoms with Crippen molar-refractivity contribution < 1.29 is 9.59 Å². The van der Waals surface area contributed by atoms with Crippen LogP contribution in [0.4, 0.5) is 0 Å². The number of nitrogens with zero attached hydrogens (tertiary/aromatic N) is 3. The van der Waals surface area contributed by atoms with Gasteiger partial charge in [0.25, 0.3) is 5.91 Å². The summed E-state index contributed by atoms with van der Waals surface area (Å²) in [4.78, 5) is 34.1. The van der Waals surface area contributed by atoms with E-state index in [1.165, 1.54) is 5.56 Å². The van der Waals surface area contributed by atoms with Crippen molar-refractivity contribution in [2.75, 3.05) is 26.7 Å². The number of carbonyl (C=O) groups excluding carboxylic acids is 2. The van der Waals surface area contributed by atoms with Crippen molar-refractivity contribution in [3.63, 3.8) is 0 Å². The Balaban J connectivity index is 1.71. The average molecular weight is 351 g/mol. The van der Waals surface area contributed by atoms with E-state index in [2.05, 4.69) is 18.8 Å². The third kappa shape index (κ3) is 2.57. The molecule has 5 heteroatoms. The number of piperidine rings is 1. The Morgan fingerprint density at radius 2 is 1.96 bits per heavy atom. The van der Waals surface area contributed by atoms with Gasteiger partial charge in [0.05, 0.1) is 17.0 Å². The van der Waals surface area contributed by atoms with Gasteiger partial charge in [0.2, 0.25) is 5.91 Å². The molecular formula is C21H25N3O2. The van der Waals surface area contributed by atoms with Gasteiger partial charge in [0.1, 0.15) is 0 Å². The van der Waals surface area contributed by atoms with Crippen molar-refractivity contribution in [3.05, 3.63) is 40.6 Å². The maximum Gasteiger partial charge on any atom is 0.254 e. The SMILES string of the molecule is Cc1cc(C(=O)N2C[C@H]3CCN(C)C(=O)[C@H]3C2)c2ccc(C)c(C)c2n1. The average Bonchev–Trinajstić information content (AvgIpc) is 3.05. The smallest absolute Gasteiger partial charge is 0.254 e. The Morgan fingerprint density at radius 1 is 1.19 bits per heavy atom. The minimum absolute atomic E-state index is 0.0219. The maximum atomic E-state index is 13.3. The molecule has 1 aromatic carbocycles. The summed E-state index contributed by atoms with van der Waals surface area (Å²) in [5.41, 5.74) is 4.75. The van der Waals surface area contributed by atoms with Crippen molar-refractivity contribution in [3.8, 4) is 0 Å². The van der Waals surface area contributed by atoms with E-state index < -0.39 is 0 Å². The van der Waals surface area contributed by atoms with Gasteiger partial charge in [-0.1, -0.05) is 12.1 Å². The van der Waals surface area contributed by atoms with Crippen LogP contribution >= 0.6 is 0 Å². The van der Waals surface area contributed by atoms with Crippen LogP contribution in [0.1, 0.15) is 33.6 Å². The molecule has 5 nitrogen and oxygen atoms in total. The van der Waals surface area contributed by atoms with E-state index in [1.807, 2.05) is 37.1 Å². The molecule has 0 spiro atoms. The van der Waals surface area contributed by atoms with Crippen LogP contribution in [0.15, 0.2) is 18.2 Å². The second-order valence-corrected chi connectivity index (χ2v) is 7.84. The molecule has 2 aliphatic heterocycles. The number of amides is 2. The molecule has 136 valence electrons. The third-order valence-electron chi connectivity index (χ3n) is 6.12. The molecule has 2 amide bonds. The number of aryl methyl sites for hydroxylation is 3. The summed E-state index contributed by atoms with van der Waals surface area (Å²) in [5.74, 6) is 0.448. The molecule has 0 aliphatic carbocycles. The van der Waals surface area contributed by atoms with Gasteiger partial charge in [-0.25, -0.2) is 0 Å². The summed E-state index contributed by atoms with van der Waals surface area (Å²) in [6.07, 6.45) is 0.977. The number of likely N-dealkylation sites (tertiary alicyclic amines) is 2. The lowest BCUT2D eigenvalue weighted by molar-refractivity contribution is -0.137. The molecule has 2 saturated heterocycles. The van der Waals surface area contributed by atoms with Crippen LogP contribution in [0.25, 0.3) is 10.9 Å². The second-order valence-electron chi connectivity index (χ2n) is 7.84. The first kappa shape index (κ1) is 17.0. The van der Waals surface area contributed by atoms with Gasteiger partial charge >= 0.3 is 0 Å². The van der Waals surface area contributed by atoms with Crippen LogP contribution in [0.5, 0.6) is 0 Å². The zero-order valence-electron chi connectivity index (χ0n) is 15.9. The van der Waals surface area contributed by atoms with Crippen molar-refractivity contribution in [1.29, 1.82) is 0 Å². The molecule has 2 atom stereocenters. The number of pyridine rings is 1. The molecule has 0 N–H and O–H groups in total. The Labute approximate surface area is 154 Å². The highest BCUT2D eigenvalue weighted by atomic mass is 16.2. The van der Waals surface area contributed by atoms with Gasteiger partial charge in [0.15, 0.2) is 0 Å². The van der Waals surface area contributed by atoms with Crippen molar-refractivity contribution in [1.82, 2.24) is 14.8 Å². The minimum atomic E-state index is -0.0455. The number of carbonyl (C=O) groups is 2. The Bertz CT molecular complexity index is 921. The van der Waals surface area contributed by atoms with E-state index in [9.17, 15) is 9.59 Å². The van der Waals surface area contributed by atoms with Crippen molar-refractivity contribution in [2.24, 2.45) is 11.8 Å². The van der Waals surface area contributed by atoms with Gasteiger partial charge in [-0.2, -0.15) is 0 Å². The highest BCUT2D eigenvalue weighted by Crippen LogP contribution is 2.33. The number of hydrogen-bond donors (Lipinski definition) is 0. The number of fused-ring (bicyclic) bond motifs is 2. The first-order valence-electron chi connectivity index (χ1n) is 9.28. The first-order chi connectivity index (χ1) is 12.4. The Kier molecular flexibility index (Phi) is 3.98. The largest absolute Gasteiger partial charge is 0.345 e.